The van der Waals surface area contributed by atoms with E-state index in [2.05, 4.69) is 13.8 Å². The zero-order valence-electron chi connectivity index (χ0n) is 6.22. The maximum Gasteiger partial charge on any atom is 0.145 e. The van der Waals surface area contributed by atoms with Crippen LogP contribution in [0.3, 0.4) is 0 Å². The summed E-state index contributed by atoms with van der Waals surface area (Å²) >= 11 is 0. The van der Waals surface area contributed by atoms with Gasteiger partial charge in [-0.25, -0.2) is 0 Å². The molecule has 0 aromatic rings. The predicted molar refractivity (Wildman–Crippen MR) is 35.2 cm³/mol. The second kappa shape index (κ2) is 0.717. The first-order chi connectivity index (χ1) is 4.64. The highest BCUT2D eigenvalue weighted by Crippen LogP contribution is 3.00. The molecule has 0 aliphatic heterocycles. The topological polar surface area (TPSA) is 17.1 Å². The zero-order chi connectivity index (χ0) is 6.89. The van der Waals surface area contributed by atoms with Crippen molar-refractivity contribution in [2.75, 3.05) is 0 Å². The average molecular weight is 134 g/mol. The lowest BCUT2D eigenvalue weighted by atomic mass is 9.99. The Morgan fingerprint density at radius 2 is 1.30 bits per heavy atom. The molecule has 10 heavy (non-hydrogen) atoms. The summed E-state index contributed by atoms with van der Waals surface area (Å²) in [5, 5.41) is 0. The number of Topliss-reactive ketones (excluding diaryl/α,β-unsaturated/α-hetero) is 1. The number of carbonyl (C=O) groups is 1. The van der Waals surface area contributed by atoms with Crippen LogP contribution in [0.5, 0.6) is 0 Å². The molecular formula is C9H10O. The van der Waals surface area contributed by atoms with E-state index in [1.54, 1.807) is 0 Å². The van der Waals surface area contributed by atoms with Crippen LogP contribution in [0.25, 0.3) is 0 Å². The minimum atomic E-state index is 0.212. The van der Waals surface area contributed by atoms with Crippen LogP contribution in [0.15, 0.2) is 0 Å². The SMILES string of the molecule is CC12C(=O)C3(C)C4C1C2C43. The molecule has 5 aliphatic rings. The van der Waals surface area contributed by atoms with Crippen molar-refractivity contribution >= 4 is 5.78 Å². The van der Waals surface area contributed by atoms with Gasteiger partial charge in [0.25, 0.3) is 0 Å². The lowest BCUT2D eigenvalue weighted by Crippen LogP contribution is -2.15. The highest BCUT2D eigenvalue weighted by molar-refractivity contribution is 6.05. The maximum atomic E-state index is 11.7. The Labute approximate surface area is 59.8 Å². The van der Waals surface area contributed by atoms with E-state index in [1.807, 2.05) is 0 Å². The predicted octanol–water partition coefficient (Wildman–Crippen LogP) is 1.09. The van der Waals surface area contributed by atoms with Crippen LogP contribution < -0.4 is 0 Å². The molecule has 5 fully saturated rings. The number of hydrogen-bond donors (Lipinski definition) is 0. The minimum absolute atomic E-state index is 0.212. The maximum absolute atomic E-state index is 11.7. The first kappa shape index (κ1) is 4.53. The van der Waals surface area contributed by atoms with Crippen LogP contribution >= 0.6 is 0 Å². The molecule has 0 N–H and O–H groups in total. The fourth-order valence-corrected chi connectivity index (χ4v) is 4.59. The molecule has 0 heterocycles. The van der Waals surface area contributed by atoms with E-state index in [-0.39, 0.29) is 10.8 Å². The van der Waals surface area contributed by atoms with Gasteiger partial charge in [-0.05, 0) is 23.7 Å². The lowest BCUT2D eigenvalue weighted by Gasteiger charge is -2.03. The van der Waals surface area contributed by atoms with Gasteiger partial charge in [0, 0.05) is 10.8 Å². The summed E-state index contributed by atoms with van der Waals surface area (Å²) in [6, 6.07) is 0. The molecule has 52 valence electrons. The molecule has 1 heteroatoms. The van der Waals surface area contributed by atoms with Crippen molar-refractivity contribution in [1.82, 2.24) is 0 Å². The first-order valence-electron chi connectivity index (χ1n) is 4.19. The summed E-state index contributed by atoms with van der Waals surface area (Å²) < 4.78 is 0. The lowest BCUT2D eigenvalue weighted by molar-refractivity contribution is -0.125. The molecule has 1 nitrogen and oxygen atoms in total. The van der Waals surface area contributed by atoms with Gasteiger partial charge in [0.15, 0.2) is 0 Å². The molecule has 5 aliphatic carbocycles. The van der Waals surface area contributed by atoms with Gasteiger partial charge in [0.1, 0.15) is 5.78 Å². The fraction of sp³-hybridized carbons (Fsp3) is 0.889. The van der Waals surface area contributed by atoms with Gasteiger partial charge < -0.3 is 0 Å². The van der Waals surface area contributed by atoms with E-state index in [9.17, 15) is 4.79 Å². The van der Waals surface area contributed by atoms with E-state index in [0.29, 0.717) is 5.78 Å². The number of ketones is 1. The first-order valence-corrected chi connectivity index (χ1v) is 4.19. The van der Waals surface area contributed by atoms with Gasteiger partial charge in [0.2, 0.25) is 0 Å². The van der Waals surface area contributed by atoms with E-state index < -0.39 is 0 Å². The summed E-state index contributed by atoms with van der Waals surface area (Å²) in [5.74, 6) is 4.04. The van der Waals surface area contributed by atoms with Gasteiger partial charge >= 0.3 is 0 Å². The van der Waals surface area contributed by atoms with Crippen molar-refractivity contribution in [3.8, 4) is 0 Å². The van der Waals surface area contributed by atoms with Crippen LogP contribution in [-0.2, 0) is 4.79 Å². The molecule has 0 amide bonds. The molecule has 0 radical (unpaired) electrons. The van der Waals surface area contributed by atoms with Gasteiger partial charge in [-0.2, -0.15) is 0 Å². The molecule has 0 aromatic heterocycles. The van der Waals surface area contributed by atoms with Crippen molar-refractivity contribution in [1.29, 1.82) is 0 Å². The van der Waals surface area contributed by atoms with E-state index in [4.69, 9.17) is 0 Å². The molecule has 0 saturated heterocycles. The molecule has 0 spiro atoms. The van der Waals surface area contributed by atoms with E-state index in [1.165, 1.54) is 0 Å². The van der Waals surface area contributed by atoms with Crippen LogP contribution in [0.1, 0.15) is 13.8 Å². The molecule has 5 saturated carbocycles. The van der Waals surface area contributed by atoms with Gasteiger partial charge in [-0.15, -0.1) is 0 Å². The van der Waals surface area contributed by atoms with Gasteiger partial charge in [-0.3, -0.25) is 4.79 Å². The Morgan fingerprint density at radius 3 is 1.40 bits per heavy atom. The van der Waals surface area contributed by atoms with Crippen molar-refractivity contribution < 1.29 is 4.79 Å². The van der Waals surface area contributed by atoms with Crippen LogP contribution in [0, 0.1) is 34.5 Å². The third-order valence-corrected chi connectivity index (χ3v) is 5.08. The third-order valence-electron chi connectivity index (χ3n) is 5.08. The van der Waals surface area contributed by atoms with Crippen molar-refractivity contribution in [3.05, 3.63) is 0 Å². The normalized spacial score (nSPS) is 86.0. The molecule has 0 aromatic carbocycles. The number of carbonyl (C=O) groups excluding carboxylic acids is 1. The molecule has 0 unspecified atom stereocenters. The Hall–Kier alpha value is -0.330. The van der Waals surface area contributed by atoms with Crippen LogP contribution in [0.4, 0.5) is 0 Å². The highest BCUT2D eigenvalue weighted by Gasteiger charge is 3.02. The summed E-state index contributed by atoms with van der Waals surface area (Å²) in [6.45, 7) is 4.38. The summed E-state index contributed by atoms with van der Waals surface area (Å²) in [5.41, 5.74) is 0.425. The quantitative estimate of drug-likeness (QED) is 0.484. The van der Waals surface area contributed by atoms with Gasteiger partial charge in [0.05, 0.1) is 0 Å². The molecule has 0 atom stereocenters. The van der Waals surface area contributed by atoms with Crippen molar-refractivity contribution in [2.24, 2.45) is 34.5 Å². The number of hydrogen-bond acceptors (Lipinski definition) is 1. The molecule has 2 bridgehead atoms. The summed E-state index contributed by atoms with van der Waals surface area (Å²) in [7, 11) is 0. The summed E-state index contributed by atoms with van der Waals surface area (Å²) in [6.07, 6.45) is 0. The van der Waals surface area contributed by atoms with Crippen LogP contribution in [0.2, 0.25) is 0 Å². The molecular weight excluding hydrogens is 124 g/mol. The van der Waals surface area contributed by atoms with E-state index in [0.717, 1.165) is 23.7 Å². The highest BCUT2D eigenvalue weighted by atomic mass is 16.1. The second-order valence-corrected chi connectivity index (χ2v) is 5.00. The second-order valence-electron chi connectivity index (χ2n) is 5.00. The monoisotopic (exact) mass is 134 g/mol. The Bertz CT molecular complexity index is 239. The Kier molecular flexibility index (Phi) is 0.325. The summed E-state index contributed by atoms with van der Waals surface area (Å²) in [4.78, 5) is 11.7. The Morgan fingerprint density at radius 1 is 1.00 bits per heavy atom. The van der Waals surface area contributed by atoms with E-state index >= 15 is 0 Å². The van der Waals surface area contributed by atoms with Crippen molar-refractivity contribution in [3.63, 3.8) is 0 Å². The molecule has 5 rings (SSSR count). The van der Waals surface area contributed by atoms with Crippen LogP contribution in [-0.4, -0.2) is 5.78 Å². The zero-order valence-corrected chi connectivity index (χ0v) is 6.22. The standard InChI is InChI=1S/C9H10O/c1-8-3-4(8)6-5(3)9(6,2)7(8)10/h3-6H,1-2H3. The largest absolute Gasteiger partial charge is 0.298 e. The number of rotatable bonds is 0. The minimum Gasteiger partial charge on any atom is -0.298 e. The fourth-order valence-electron chi connectivity index (χ4n) is 4.59. The Balaban J connectivity index is 2.11. The smallest absolute Gasteiger partial charge is 0.145 e. The van der Waals surface area contributed by atoms with Gasteiger partial charge in [-0.1, -0.05) is 13.8 Å². The third kappa shape index (κ3) is 0.150. The van der Waals surface area contributed by atoms with Crippen molar-refractivity contribution in [2.45, 2.75) is 13.8 Å². The average Bonchev–Trinajstić information content (AvgIpc) is 2.37.